The van der Waals surface area contributed by atoms with Crippen molar-refractivity contribution in [3.63, 3.8) is 0 Å². The summed E-state index contributed by atoms with van der Waals surface area (Å²) >= 11 is 3.33. The van der Waals surface area contributed by atoms with Crippen LogP contribution in [0.4, 0.5) is 4.39 Å². The van der Waals surface area contributed by atoms with Gasteiger partial charge in [-0.3, -0.25) is 4.79 Å². The van der Waals surface area contributed by atoms with Crippen LogP contribution in [0.2, 0.25) is 0 Å². The third kappa shape index (κ3) is 3.82. The van der Waals surface area contributed by atoms with E-state index >= 15 is 0 Å². The molecule has 0 aromatic heterocycles. The van der Waals surface area contributed by atoms with E-state index in [0.717, 1.165) is 4.47 Å². The average molecular weight is 353 g/mol. The minimum atomic E-state index is -0.940. The second-order valence-corrected chi connectivity index (χ2v) is 5.53. The first-order valence-electron chi connectivity index (χ1n) is 6.32. The number of carboxylic acid groups (broad SMARTS) is 1. The molecule has 5 heteroatoms. The summed E-state index contributed by atoms with van der Waals surface area (Å²) in [6, 6.07) is 11.6. The molecule has 1 unspecified atom stereocenters. The van der Waals surface area contributed by atoms with Gasteiger partial charge < -0.3 is 9.84 Å². The fourth-order valence-corrected chi connectivity index (χ4v) is 2.56. The van der Waals surface area contributed by atoms with E-state index < -0.39 is 17.7 Å². The van der Waals surface area contributed by atoms with Gasteiger partial charge in [0.25, 0.3) is 0 Å². The van der Waals surface area contributed by atoms with Gasteiger partial charge in [0.2, 0.25) is 0 Å². The SMILES string of the molecule is COc1ccc(CC(C(=O)O)c2cccc(Br)c2)cc1F. The lowest BCUT2D eigenvalue weighted by Crippen LogP contribution is -2.14. The van der Waals surface area contributed by atoms with Crippen molar-refractivity contribution in [2.45, 2.75) is 12.3 Å². The van der Waals surface area contributed by atoms with Gasteiger partial charge in [-0.2, -0.15) is 0 Å². The summed E-state index contributed by atoms with van der Waals surface area (Å²) in [5.74, 6) is -2.01. The van der Waals surface area contributed by atoms with Gasteiger partial charge in [0, 0.05) is 4.47 Å². The highest BCUT2D eigenvalue weighted by molar-refractivity contribution is 9.10. The fourth-order valence-electron chi connectivity index (χ4n) is 2.14. The highest BCUT2D eigenvalue weighted by Crippen LogP contribution is 2.26. The zero-order valence-corrected chi connectivity index (χ0v) is 12.9. The summed E-state index contributed by atoms with van der Waals surface area (Å²) in [5.41, 5.74) is 1.29. The molecular formula is C16H14BrFO3. The number of rotatable bonds is 5. The molecule has 2 aromatic carbocycles. The van der Waals surface area contributed by atoms with Crippen LogP contribution in [0.1, 0.15) is 17.0 Å². The standard InChI is InChI=1S/C16H14BrFO3/c1-21-15-6-5-10(8-14(15)18)7-13(16(19)20)11-3-2-4-12(17)9-11/h2-6,8-9,13H,7H2,1H3,(H,19,20). The van der Waals surface area contributed by atoms with Crippen LogP contribution in [0.5, 0.6) is 5.75 Å². The quantitative estimate of drug-likeness (QED) is 0.884. The number of benzene rings is 2. The number of halogens is 2. The molecule has 2 rings (SSSR count). The van der Waals surface area contributed by atoms with Crippen molar-refractivity contribution in [1.29, 1.82) is 0 Å². The van der Waals surface area contributed by atoms with Gasteiger partial charge in [-0.05, 0) is 41.8 Å². The molecular weight excluding hydrogens is 339 g/mol. The van der Waals surface area contributed by atoms with Crippen molar-refractivity contribution in [3.8, 4) is 5.75 Å². The van der Waals surface area contributed by atoms with Crippen molar-refractivity contribution in [1.82, 2.24) is 0 Å². The maximum Gasteiger partial charge on any atom is 0.311 e. The predicted molar refractivity (Wildman–Crippen MR) is 81.2 cm³/mol. The lowest BCUT2D eigenvalue weighted by Gasteiger charge is -2.14. The lowest BCUT2D eigenvalue weighted by atomic mass is 9.92. The number of hydrogen-bond acceptors (Lipinski definition) is 2. The molecule has 0 saturated carbocycles. The van der Waals surface area contributed by atoms with E-state index in [-0.39, 0.29) is 12.2 Å². The van der Waals surface area contributed by atoms with E-state index in [4.69, 9.17) is 4.74 Å². The molecule has 0 bridgehead atoms. The Bertz CT molecular complexity index is 658. The summed E-state index contributed by atoms with van der Waals surface area (Å²) < 4.78 is 19.4. The third-order valence-electron chi connectivity index (χ3n) is 3.21. The van der Waals surface area contributed by atoms with E-state index in [2.05, 4.69) is 15.9 Å². The number of methoxy groups -OCH3 is 1. The Kier molecular flexibility index (Phi) is 4.96. The zero-order valence-electron chi connectivity index (χ0n) is 11.3. The van der Waals surface area contributed by atoms with Crippen LogP contribution in [0.15, 0.2) is 46.9 Å². The van der Waals surface area contributed by atoms with E-state index in [1.54, 1.807) is 24.3 Å². The summed E-state index contributed by atoms with van der Waals surface area (Å²) in [6.07, 6.45) is 0.215. The number of carboxylic acids is 1. The maximum atomic E-state index is 13.7. The molecule has 110 valence electrons. The molecule has 0 aliphatic carbocycles. The van der Waals surface area contributed by atoms with Crippen molar-refractivity contribution in [2.24, 2.45) is 0 Å². The molecule has 3 nitrogen and oxygen atoms in total. The summed E-state index contributed by atoms with van der Waals surface area (Å²) in [4.78, 5) is 11.5. The smallest absolute Gasteiger partial charge is 0.311 e. The number of hydrogen-bond donors (Lipinski definition) is 1. The Morgan fingerprint density at radius 3 is 2.67 bits per heavy atom. The predicted octanol–water partition coefficient (Wildman–Crippen LogP) is 4.01. The molecule has 21 heavy (non-hydrogen) atoms. The molecule has 0 aliphatic rings. The van der Waals surface area contributed by atoms with E-state index in [1.165, 1.54) is 19.2 Å². The van der Waals surface area contributed by atoms with Crippen molar-refractivity contribution < 1.29 is 19.0 Å². The third-order valence-corrected chi connectivity index (χ3v) is 3.70. The fraction of sp³-hybridized carbons (Fsp3) is 0.188. The van der Waals surface area contributed by atoms with Crippen molar-refractivity contribution in [3.05, 3.63) is 63.9 Å². The van der Waals surface area contributed by atoms with E-state index in [0.29, 0.717) is 11.1 Å². The molecule has 0 radical (unpaired) electrons. The number of aliphatic carboxylic acids is 1. The topological polar surface area (TPSA) is 46.5 Å². The average Bonchev–Trinajstić information content (AvgIpc) is 2.44. The summed E-state index contributed by atoms with van der Waals surface area (Å²) in [6.45, 7) is 0. The largest absolute Gasteiger partial charge is 0.494 e. The van der Waals surface area contributed by atoms with Gasteiger partial charge >= 0.3 is 5.97 Å². The van der Waals surface area contributed by atoms with Gasteiger partial charge in [-0.25, -0.2) is 4.39 Å². The Morgan fingerprint density at radius 1 is 1.33 bits per heavy atom. The van der Waals surface area contributed by atoms with Crippen LogP contribution < -0.4 is 4.74 Å². The molecule has 0 saturated heterocycles. The highest BCUT2D eigenvalue weighted by atomic mass is 79.9. The van der Waals surface area contributed by atoms with Crippen LogP contribution in [-0.2, 0) is 11.2 Å². The van der Waals surface area contributed by atoms with Crippen molar-refractivity contribution in [2.75, 3.05) is 7.11 Å². The molecule has 0 spiro atoms. The molecule has 1 N–H and O–H groups in total. The minimum absolute atomic E-state index is 0.146. The van der Waals surface area contributed by atoms with Crippen LogP contribution in [0.3, 0.4) is 0 Å². The molecule has 0 heterocycles. The van der Waals surface area contributed by atoms with Gasteiger partial charge in [0.1, 0.15) is 0 Å². The second-order valence-electron chi connectivity index (χ2n) is 4.62. The Hall–Kier alpha value is -1.88. The Morgan fingerprint density at radius 2 is 2.10 bits per heavy atom. The van der Waals surface area contributed by atoms with Crippen LogP contribution in [-0.4, -0.2) is 18.2 Å². The lowest BCUT2D eigenvalue weighted by molar-refractivity contribution is -0.138. The van der Waals surface area contributed by atoms with Crippen LogP contribution in [0.25, 0.3) is 0 Å². The van der Waals surface area contributed by atoms with Gasteiger partial charge in [-0.1, -0.05) is 34.1 Å². The normalized spacial score (nSPS) is 12.0. The molecule has 0 amide bonds. The van der Waals surface area contributed by atoms with Crippen molar-refractivity contribution >= 4 is 21.9 Å². The monoisotopic (exact) mass is 352 g/mol. The first-order valence-corrected chi connectivity index (χ1v) is 7.11. The molecule has 0 fully saturated rings. The van der Waals surface area contributed by atoms with Crippen LogP contribution >= 0.6 is 15.9 Å². The van der Waals surface area contributed by atoms with Gasteiger partial charge in [0.15, 0.2) is 11.6 Å². The first kappa shape index (κ1) is 15.5. The van der Waals surface area contributed by atoms with E-state index in [9.17, 15) is 14.3 Å². The minimum Gasteiger partial charge on any atom is -0.494 e. The number of carbonyl (C=O) groups is 1. The van der Waals surface area contributed by atoms with E-state index in [1.807, 2.05) is 6.07 Å². The zero-order chi connectivity index (χ0) is 15.4. The molecule has 0 aliphatic heterocycles. The van der Waals surface area contributed by atoms with Crippen LogP contribution in [0, 0.1) is 5.82 Å². The Labute approximate surface area is 130 Å². The highest BCUT2D eigenvalue weighted by Gasteiger charge is 2.21. The molecule has 1 atom stereocenters. The van der Waals surface area contributed by atoms with Gasteiger partial charge in [0.05, 0.1) is 13.0 Å². The number of ether oxygens (including phenoxy) is 1. The summed E-state index contributed by atoms with van der Waals surface area (Å²) in [7, 11) is 1.39. The Balaban J connectivity index is 2.29. The van der Waals surface area contributed by atoms with Gasteiger partial charge in [-0.15, -0.1) is 0 Å². The summed E-state index contributed by atoms with van der Waals surface area (Å²) in [5, 5.41) is 9.42. The second kappa shape index (κ2) is 6.72. The molecule has 2 aromatic rings. The maximum absolute atomic E-state index is 13.7. The first-order chi connectivity index (χ1) is 10.0.